The topological polar surface area (TPSA) is 64.3 Å². The van der Waals surface area contributed by atoms with Crippen LogP contribution in [0.2, 0.25) is 0 Å². The number of carbonyl (C=O) groups is 1. The van der Waals surface area contributed by atoms with E-state index in [0.717, 1.165) is 19.3 Å². The predicted octanol–water partition coefficient (Wildman–Crippen LogP) is 3.11. The van der Waals surface area contributed by atoms with Crippen molar-refractivity contribution in [3.63, 3.8) is 0 Å². The van der Waals surface area contributed by atoms with Gasteiger partial charge < -0.3 is 15.8 Å². The predicted molar refractivity (Wildman–Crippen MR) is 86.2 cm³/mol. The van der Waals surface area contributed by atoms with Crippen LogP contribution in [0.25, 0.3) is 0 Å². The molecule has 1 aromatic carbocycles. The number of rotatable bonds is 7. The Morgan fingerprint density at radius 2 is 1.95 bits per heavy atom. The second-order valence-corrected chi connectivity index (χ2v) is 6.37. The van der Waals surface area contributed by atoms with Crippen LogP contribution in [-0.2, 0) is 11.2 Å². The van der Waals surface area contributed by atoms with Gasteiger partial charge in [-0.2, -0.15) is 0 Å². The Morgan fingerprint density at radius 3 is 2.52 bits per heavy atom. The Labute approximate surface area is 128 Å². The van der Waals surface area contributed by atoms with Crippen LogP contribution in [0.4, 0.5) is 4.79 Å². The van der Waals surface area contributed by atoms with Gasteiger partial charge in [-0.3, -0.25) is 0 Å². The van der Waals surface area contributed by atoms with Crippen LogP contribution in [0.5, 0.6) is 0 Å². The fraction of sp³-hybridized carbons (Fsp3) is 0.588. The Morgan fingerprint density at radius 1 is 1.29 bits per heavy atom. The van der Waals surface area contributed by atoms with Crippen molar-refractivity contribution in [2.75, 3.05) is 13.1 Å². The molecule has 0 aliphatic rings. The van der Waals surface area contributed by atoms with E-state index in [1.807, 2.05) is 39.0 Å². The summed E-state index contributed by atoms with van der Waals surface area (Å²) in [5.41, 5.74) is 6.42. The normalized spacial score (nSPS) is 12.8. The zero-order chi connectivity index (χ0) is 15.7. The molecule has 1 rings (SSSR count). The summed E-state index contributed by atoms with van der Waals surface area (Å²) in [6.45, 7) is 6.88. The highest BCUT2D eigenvalue weighted by molar-refractivity contribution is 5.67. The lowest BCUT2D eigenvalue weighted by Crippen LogP contribution is -2.35. The number of carbonyl (C=O) groups excluding carboxylic acids is 1. The van der Waals surface area contributed by atoms with E-state index in [2.05, 4.69) is 17.4 Å². The van der Waals surface area contributed by atoms with Gasteiger partial charge in [0.2, 0.25) is 0 Å². The minimum atomic E-state index is -0.462. The third kappa shape index (κ3) is 8.35. The zero-order valence-corrected chi connectivity index (χ0v) is 13.4. The lowest BCUT2D eigenvalue weighted by Gasteiger charge is -2.22. The van der Waals surface area contributed by atoms with Gasteiger partial charge in [-0.05, 0) is 58.1 Å². The number of benzene rings is 1. The van der Waals surface area contributed by atoms with Gasteiger partial charge in [0.05, 0.1) is 0 Å². The molecule has 0 saturated carbocycles. The van der Waals surface area contributed by atoms with Gasteiger partial charge in [-0.15, -0.1) is 0 Å². The maximum atomic E-state index is 11.7. The van der Waals surface area contributed by atoms with Crippen LogP contribution in [0.15, 0.2) is 30.3 Å². The highest BCUT2D eigenvalue weighted by Gasteiger charge is 2.17. The van der Waals surface area contributed by atoms with Crippen molar-refractivity contribution in [2.24, 2.45) is 11.7 Å². The number of nitrogens with one attached hydrogen (secondary N) is 1. The van der Waals surface area contributed by atoms with E-state index in [4.69, 9.17) is 10.5 Å². The second-order valence-electron chi connectivity index (χ2n) is 6.37. The molecule has 1 atom stereocenters. The summed E-state index contributed by atoms with van der Waals surface area (Å²) in [6, 6.07) is 10.3. The summed E-state index contributed by atoms with van der Waals surface area (Å²) in [7, 11) is 0. The Balaban J connectivity index is 2.48. The highest BCUT2D eigenvalue weighted by Crippen LogP contribution is 2.14. The molecule has 1 aromatic rings. The molecule has 1 amide bonds. The van der Waals surface area contributed by atoms with Crippen LogP contribution in [0, 0.1) is 5.92 Å². The maximum absolute atomic E-state index is 11.7. The first-order valence-electron chi connectivity index (χ1n) is 7.61. The highest BCUT2D eigenvalue weighted by atomic mass is 16.6. The molecule has 0 radical (unpaired) electrons. The summed E-state index contributed by atoms with van der Waals surface area (Å²) in [5, 5.41) is 2.87. The monoisotopic (exact) mass is 292 g/mol. The van der Waals surface area contributed by atoms with Crippen molar-refractivity contribution < 1.29 is 9.53 Å². The van der Waals surface area contributed by atoms with E-state index < -0.39 is 5.60 Å². The Hall–Kier alpha value is -1.55. The minimum absolute atomic E-state index is 0.353. The Bertz CT molecular complexity index is 413. The molecule has 0 saturated heterocycles. The first-order valence-corrected chi connectivity index (χ1v) is 7.61. The smallest absolute Gasteiger partial charge is 0.407 e. The van der Waals surface area contributed by atoms with E-state index in [-0.39, 0.29) is 6.09 Å². The SMILES string of the molecule is CC(C)(C)OC(=O)NCC(CCCN)Cc1ccccc1. The molecule has 0 heterocycles. The molecule has 4 heteroatoms. The van der Waals surface area contributed by atoms with Crippen molar-refractivity contribution in [1.29, 1.82) is 0 Å². The van der Waals surface area contributed by atoms with Crippen molar-refractivity contribution in [3.05, 3.63) is 35.9 Å². The lowest BCUT2D eigenvalue weighted by atomic mass is 9.94. The molecule has 118 valence electrons. The first-order chi connectivity index (χ1) is 9.90. The van der Waals surface area contributed by atoms with Crippen molar-refractivity contribution in [2.45, 2.75) is 45.6 Å². The van der Waals surface area contributed by atoms with E-state index in [1.165, 1.54) is 5.56 Å². The van der Waals surface area contributed by atoms with Gasteiger partial charge in [0, 0.05) is 6.54 Å². The largest absolute Gasteiger partial charge is 0.444 e. The van der Waals surface area contributed by atoms with Crippen molar-refractivity contribution in [1.82, 2.24) is 5.32 Å². The van der Waals surface area contributed by atoms with Gasteiger partial charge in [-0.1, -0.05) is 30.3 Å². The molecule has 3 N–H and O–H groups in total. The molecule has 0 aliphatic carbocycles. The fourth-order valence-corrected chi connectivity index (χ4v) is 2.17. The third-order valence-corrected chi connectivity index (χ3v) is 3.12. The van der Waals surface area contributed by atoms with Crippen LogP contribution in [0.1, 0.15) is 39.2 Å². The number of hydrogen-bond acceptors (Lipinski definition) is 3. The van der Waals surface area contributed by atoms with E-state index in [0.29, 0.717) is 19.0 Å². The van der Waals surface area contributed by atoms with Crippen LogP contribution < -0.4 is 11.1 Å². The molecular formula is C17H28N2O2. The maximum Gasteiger partial charge on any atom is 0.407 e. The Kier molecular flexibility index (Phi) is 7.23. The first kappa shape index (κ1) is 17.5. The summed E-state index contributed by atoms with van der Waals surface area (Å²) >= 11 is 0. The van der Waals surface area contributed by atoms with Gasteiger partial charge in [0.1, 0.15) is 5.60 Å². The number of amides is 1. The molecule has 0 bridgehead atoms. The zero-order valence-electron chi connectivity index (χ0n) is 13.4. The summed E-state index contributed by atoms with van der Waals surface area (Å²) in [6.07, 6.45) is 2.55. The number of nitrogens with two attached hydrogens (primary N) is 1. The van der Waals surface area contributed by atoms with Gasteiger partial charge >= 0.3 is 6.09 Å². The van der Waals surface area contributed by atoms with E-state index in [1.54, 1.807) is 0 Å². The minimum Gasteiger partial charge on any atom is -0.444 e. The third-order valence-electron chi connectivity index (χ3n) is 3.12. The van der Waals surface area contributed by atoms with Crippen molar-refractivity contribution in [3.8, 4) is 0 Å². The van der Waals surface area contributed by atoms with E-state index in [9.17, 15) is 4.79 Å². The molecule has 0 aromatic heterocycles. The molecule has 0 spiro atoms. The van der Waals surface area contributed by atoms with Crippen LogP contribution in [0.3, 0.4) is 0 Å². The van der Waals surface area contributed by atoms with E-state index >= 15 is 0 Å². The van der Waals surface area contributed by atoms with Crippen molar-refractivity contribution >= 4 is 6.09 Å². The average Bonchev–Trinajstić information content (AvgIpc) is 2.41. The number of ether oxygens (including phenoxy) is 1. The standard InChI is InChI=1S/C17H28N2O2/c1-17(2,3)21-16(20)19-13-15(10-7-11-18)12-14-8-5-4-6-9-14/h4-6,8-9,15H,7,10-13,18H2,1-3H3,(H,19,20). The number of alkyl carbamates (subject to hydrolysis) is 1. The second kappa shape index (κ2) is 8.67. The van der Waals surface area contributed by atoms with Gasteiger partial charge in [-0.25, -0.2) is 4.79 Å². The molecule has 0 aliphatic heterocycles. The lowest BCUT2D eigenvalue weighted by molar-refractivity contribution is 0.0518. The van der Waals surface area contributed by atoms with Gasteiger partial charge in [0.25, 0.3) is 0 Å². The van der Waals surface area contributed by atoms with Gasteiger partial charge in [0.15, 0.2) is 0 Å². The molecule has 1 unspecified atom stereocenters. The van der Waals surface area contributed by atoms with Crippen LogP contribution >= 0.6 is 0 Å². The fourth-order valence-electron chi connectivity index (χ4n) is 2.17. The quantitative estimate of drug-likeness (QED) is 0.811. The molecule has 0 fully saturated rings. The van der Waals surface area contributed by atoms with Crippen LogP contribution in [-0.4, -0.2) is 24.8 Å². The average molecular weight is 292 g/mol. The summed E-state index contributed by atoms with van der Waals surface area (Å²) < 4.78 is 5.27. The molecular weight excluding hydrogens is 264 g/mol. The molecule has 4 nitrogen and oxygen atoms in total. The number of hydrogen-bond donors (Lipinski definition) is 2. The summed E-state index contributed by atoms with van der Waals surface area (Å²) in [5.74, 6) is 0.378. The molecule has 21 heavy (non-hydrogen) atoms. The summed E-state index contributed by atoms with van der Waals surface area (Å²) in [4.78, 5) is 11.7.